The van der Waals surface area contributed by atoms with Gasteiger partial charge in [0.25, 0.3) is 0 Å². The lowest BCUT2D eigenvalue weighted by Gasteiger charge is -2.54. The first-order valence-electron chi connectivity index (χ1n) is 13.2. The van der Waals surface area contributed by atoms with Crippen LogP contribution in [0.15, 0.2) is 30.3 Å². The molecule has 2 aliphatic heterocycles. The summed E-state index contributed by atoms with van der Waals surface area (Å²) in [5, 5.41) is 14.2. The summed E-state index contributed by atoms with van der Waals surface area (Å²) in [5.74, 6) is -4.82. The molecule has 1 aromatic carbocycles. The number of sulfonamides is 1. The Morgan fingerprint density at radius 2 is 1.43 bits per heavy atom. The van der Waals surface area contributed by atoms with Crippen LogP contribution >= 0.6 is 0 Å². The Hall–Kier alpha value is -2.43. The largest absolute Gasteiger partial charge is 0.490 e. The molecule has 3 rings (SSSR count). The Bertz CT molecular complexity index is 1070. The Morgan fingerprint density at radius 1 is 0.952 bits per heavy atom. The van der Waals surface area contributed by atoms with Crippen LogP contribution in [0.2, 0.25) is 0 Å². The molecular formula is C26H39F6N3O6S. The lowest BCUT2D eigenvalue weighted by Crippen LogP contribution is -2.59. The van der Waals surface area contributed by atoms with Crippen LogP contribution in [0.1, 0.15) is 45.1 Å². The van der Waals surface area contributed by atoms with Gasteiger partial charge in [0.2, 0.25) is 10.0 Å². The summed E-state index contributed by atoms with van der Waals surface area (Å²) in [4.78, 5) is 22.9. The maximum Gasteiger partial charge on any atom is 0.490 e. The summed E-state index contributed by atoms with van der Waals surface area (Å²) in [6, 6.07) is 10.8. The van der Waals surface area contributed by atoms with E-state index in [4.69, 9.17) is 19.8 Å². The van der Waals surface area contributed by atoms with Crippen LogP contribution in [0, 0.1) is 11.3 Å². The molecule has 1 aromatic rings. The van der Waals surface area contributed by atoms with Gasteiger partial charge in [-0.05, 0) is 62.2 Å². The van der Waals surface area contributed by atoms with Crippen molar-refractivity contribution in [2.24, 2.45) is 11.3 Å². The molecule has 0 bridgehead atoms. The standard InChI is InChI=1S/C22H37N3O2S.2C2HF3O2/c1-19(2)17-24-14-11-22(12-15-24)10-7-13-25(18-20-8-5-4-6-9-20)21(22)16-23-28(3,26)27;2*3-2(4,5)1(6)7/h4-6,8-9,19,21,23H,7,10-18H2,1-3H3;2*(H,6,7). The molecule has 42 heavy (non-hydrogen) atoms. The van der Waals surface area contributed by atoms with Crippen LogP contribution in [0.25, 0.3) is 0 Å². The highest BCUT2D eigenvalue weighted by Crippen LogP contribution is 2.45. The number of carboxylic acid groups (broad SMARTS) is 2. The zero-order chi connectivity index (χ0) is 32.4. The molecule has 2 saturated heterocycles. The molecule has 0 aromatic heterocycles. The van der Waals surface area contributed by atoms with Crippen molar-refractivity contribution in [3.8, 4) is 0 Å². The number of likely N-dealkylation sites (tertiary alicyclic amines) is 2. The van der Waals surface area contributed by atoms with Gasteiger partial charge >= 0.3 is 24.3 Å². The van der Waals surface area contributed by atoms with Gasteiger partial charge in [-0.3, -0.25) is 4.90 Å². The molecule has 0 radical (unpaired) electrons. The van der Waals surface area contributed by atoms with Crippen molar-refractivity contribution >= 4 is 22.0 Å². The van der Waals surface area contributed by atoms with E-state index in [-0.39, 0.29) is 11.5 Å². The molecule has 3 N–H and O–H groups in total. The molecule has 16 heteroatoms. The van der Waals surface area contributed by atoms with Gasteiger partial charge < -0.3 is 15.1 Å². The third kappa shape index (κ3) is 13.7. The van der Waals surface area contributed by atoms with Crippen LogP contribution < -0.4 is 4.72 Å². The highest BCUT2D eigenvalue weighted by Gasteiger charge is 2.46. The molecule has 242 valence electrons. The first-order chi connectivity index (χ1) is 19.2. The predicted molar refractivity (Wildman–Crippen MR) is 143 cm³/mol. The third-order valence-electron chi connectivity index (χ3n) is 7.00. The molecule has 1 spiro atoms. The summed E-state index contributed by atoms with van der Waals surface area (Å²) in [5.41, 5.74) is 1.53. The maximum atomic E-state index is 11.8. The van der Waals surface area contributed by atoms with E-state index < -0.39 is 34.3 Å². The summed E-state index contributed by atoms with van der Waals surface area (Å²) in [7, 11) is -3.19. The summed E-state index contributed by atoms with van der Waals surface area (Å²) < 4.78 is 90.0. The topological polar surface area (TPSA) is 127 Å². The number of carboxylic acids is 2. The van der Waals surface area contributed by atoms with Crippen molar-refractivity contribution < 1.29 is 54.6 Å². The van der Waals surface area contributed by atoms with Crippen LogP contribution in [-0.2, 0) is 26.2 Å². The monoisotopic (exact) mass is 635 g/mol. The van der Waals surface area contributed by atoms with Gasteiger partial charge in [-0.15, -0.1) is 0 Å². The predicted octanol–water partition coefficient (Wildman–Crippen LogP) is 4.21. The minimum absolute atomic E-state index is 0.220. The zero-order valence-corrected chi connectivity index (χ0v) is 24.5. The number of halogens is 6. The second-order valence-corrected chi connectivity index (χ2v) is 12.7. The lowest BCUT2D eigenvalue weighted by molar-refractivity contribution is -0.193. The van der Waals surface area contributed by atoms with E-state index in [1.54, 1.807) is 0 Å². The molecule has 2 aliphatic rings. The minimum Gasteiger partial charge on any atom is -0.475 e. The quantitative estimate of drug-likeness (QED) is 0.381. The zero-order valence-electron chi connectivity index (χ0n) is 23.7. The number of nitrogens with zero attached hydrogens (tertiary/aromatic N) is 2. The Kier molecular flexibility index (Phi) is 14.2. The van der Waals surface area contributed by atoms with E-state index in [1.807, 2.05) is 6.07 Å². The highest BCUT2D eigenvalue weighted by atomic mass is 32.2. The van der Waals surface area contributed by atoms with Gasteiger partial charge in [0, 0.05) is 25.7 Å². The van der Waals surface area contributed by atoms with E-state index in [0.29, 0.717) is 12.5 Å². The number of aliphatic carboxylic acids is 2. The fourth-order valence-electron chi connectivity index (χ4n) is 5.21. The average molecular weight is 636 g/mol. The molecule has 0 amide bonds. The Labute approximate surface area is 241 Å². The number of piperidine rings is 2. The number of hydrogen-bond acceptors (Lipinski definition) is 6. The molecule has 9 nitrogen and oxygen atoms in total. The van der Waals surface area contributed by atoms with E-state index in [0.717, 1.165) is 32.7 Å². The maximum absolute atomic E-state index is 11.8. The Balaban J connectivity index is 0.000000522. The fourth-order valence-corrected chi connectivity index (χ4v) is 5.67. The molecule has 2 heterocycles. The van der Waals surface area contributed by atoms with Crippen LogP contribution in [0.5, 0.6) is 0 Å². The smallest absolute Gasteiger partial charge is 0.475 e. The SMILES string of the molecule is CC(C)CN1CCC2(CCCN(Cc3ccccc3)C2CNS(C)(=O)=O)CC1.O=C(O)C(F)(F)F.O=C(O)C(F)(F)F. The molecular weight excluding hydrogens is 596 g/mol. The van der Waals surface area contributed by atoms with Crippen molar-refractivity contribution in [3.63, 3.8) is 0 Å². The fraction of sp³-hybridized carbons (Fsp3) is 0.692. The van der Waals surface area contributed by atoms with E-state index in [9.17, 15) is 34.8 Å². The van der Waals surface area contributed by atoms with Gasteiger partial charge in [-0.1, -0.05) is 44.2 Å². The first kappa shape index (κ1) is 37.6. The van der Waals surface area contributed by atoms with Crippen LogP contribution in [0.3, 0.4) is 0 Å². The Morgan fingerprint density at radius 3 is 1.83 bits per heavy atom. The van der Waals surface area contributed by atoms with Crippen molar-refractivity contribution in [1.82, 2.24) is 14.5 Å². The van der Waals surface area contributed by atoms with Crippen LogP contribution in [-0.4, -0.2) is 97.7 Å². The van der Waals surface area contributed by atoms with Crippen molar-refractivity contribution in [2.75, 3.05) is 39.0 Å². The molecule has 2 fully saturated rings. The van der Waals surface area contributed by atoms with E-state index >= 15 is 0 Å². The second-order valence-electron chi connectivity index (χ2n) is 10.9. The number of nitrogens with one attached hydrogen (secondary N) is 1. The number of rotatable bonds is 7. The molecule has 0 aliphatic carbocycles. The van der Waals surface area contributed by atoms with Gasteiger partial charge in [0.15, 0.2) is 0 Å². The van der Waals surface area contributed by atoms with Gasteiger partial charge in [-0.25, -0.2) is 22.7 Å². The normalized spacial score (nSPS) is 19.8. The summed E-state index contributed by atoms with van der Waals surface area (Å²) >= 11 is 0. The average Bonchev–Trinajstić information content (AvgIpc) is 2.84. The summed E-state index contributed by atoms with van der Waals surface area (Å²) in [6.45, 7) is 10.5. The minimum atomic E-state index is -5.08. The molecule has 1 unspecified atom stereocenters. The number of benzene rings is 1. The van der Waals surface area contributed by atoms with Gasteiger partial charge in [0.05, 0.1) is 6.26 Å². The van der Waals surface area contributed by atoms with E-state index in [2.05, 4.69) is 52.6 Å². The van der Waals surface area contributed by atoms with Crippen molar-refractivity contribution in [3.05, 3.63) is 35.9 Å². The third-order valence-corrected chi connectivity index (χ3v) is 7.69. The van der Waals surface area contributed by atoms with Gasteiger partial charge in [0.1, 0.15) is 0 Å². The number of alkyl halides is 6. The second kappa shape index (κ2) is 15.9. The van der Waals surface area contributed by atoms with E-state index in [1.165, 1.54) is 37.5 Å². The van der Waals surface area contributed by atoms with Crippen LogP contribution in [0.4, 0.5) is 26.3 Å². The van der Waals surface area contributed by atoms with Crippen molar-refractivity contribution in [1.29, 1.82) is 0 Å². The molecule has 0 saturated carbocycles. The lowest BCUT2D eigenvalue weighted by atomic mass is 9.66. The first-order valence-corrected chi connectivity index (χ1v) is 15.1. The molecule has 1 atom stereocenters. The summed E-state index contributed by atoms with van der Waals surface area (Å²) in [6.07, 6.45) is -4.15. The highest BCUT2D eigenvalue weighted by molar-refractivity contribution is 7.88. The number of carbonyl (C=O) groups is 2. The number of hydrogen-bond donors (Lipinski definition) is 3. The van der Waals surface area contributed by atoms with Gasteiger partial charge in [-0.2, -0.15) is 26.3 Å². The van der Waals surface area contributed by atoms with Crippen molar-refractivity contribution in [2.45, 2.75) is 64.5 Å².